The fourth-order valence-electron chi connectivity index (χ4n) is 1.20. The number of aryl methyl sites for hydroxylation is 1. The smallest absolute Gasteiger partial charge is 0.323 e. The van der Waals surface area contributed by atoms with Gasteiger partial charge in [0.05, 0.1) is 6.20 Å². The zero-order chi connectivity index (χ0) is 12.3. The minimum absolute atomic E-state index is 0.140. The number of rotatable bonds is 2. The third-order valence-corrected chi connectivity index (χ3v) is 2.27. The molecule has 84 valence electrons. The van der Waals surface area contributed by atoms with Crippen molar-refractivity contribution in [2.45, 2.75) is 6.92 Å². The molecular weight excluding hydrogens is 284 g/mol. The number of aromatic nitrogens is 3. The highest BCUT2D eigenvalue weighted by Gasteiger charge is 2.05. The summed E-state index contributed by atoms with van der Waals surface area (Å²) < 4.78 is 6.21. The molecule has 0 saturated carbocycles. The first-order valence-electron chi connectivity index (χ1n) is 4.71. The van der Waals surface area contributed by atoms with Gasteiger partial charge < -0.3 is 4.74 Å². The Hall–Kier alpha value is -2.00. The van der Waals surface area contributed by atoms with Crippen LogP contribution in [0.5, 0.6) is 11.8 Å². The summed E-state index contributed by atoms with van der Waals surface area (Å²) >= 11 is 3.28. The van der Waals surface area contributed by atoms with Crippen molar-refractivity contribution >= 4 is 15.9 Å². The summed E-state index contributed by atoms with van der Waals surface area (Å²) in [6.07, 6.45) is 3.19. The van der Waals surface area contributed by atoms with E-state index in [-0.39, 0.29) is 11.7 Å². The molecule has 0 aromatic carbocycles. The lowest BCUT2D eigenvalue weighted by atomic mass is 10.3. The third-order valence-electron chi connectivity index (χ3n) is 1.84. The highest BCUT2D eigenvalue weighted by atomic mass is 79.9. The molecule has 0 fully saturated rings. The number of hydrogen-bond acceptors (Lipinski definition) is 5. The summed E-state index contributed by atoms with van der Waals surface area (Å²) in [6.45, 7) is 1.77. The van der Waals surface area contributed by atoms with Gasteiger partial charge in [-0.3, -0.25) is 4.98 Å². The molecule has 0 atom stereocenters. The van der Waals surface area contributed by atoms with Crippen molar-refractivity contribution in [2.75, 3.05) is 0 Å². The van der Waals surface area contributed by atoms with E-state index in [1.807, 2.05) is 6.07 Å². The maximum absolute atomic E-state index is 8.78. The van der Waals surface area contributed by atoms with Gasteiger partial charge in [0.1, 0.15) is 11.8 Å². The molecule has 5 nitrogen and oxygen atoms in total. The first-order chi connectivity index (χ1) is 8.17. The van der Waals surface area contributed by atoms with E-state index in [9.17, 15) is 0 Å². The predicted octanol–water partition coefficient (Wildman–Crippen LogP) is 2.61. The predicted molar refractivity (Wildman–Crippen MR) is 63.5 cm³/mol. The molecule has 0 spiro atoms. The van der Waals surface area contributed by atoms with Crippen LogP contribution in [0.15, 0.2) is 29.0 Å². The Morgan fingerprint density at radius 2 is 2.12 bits per heavy atom. The molecule has 6 heteroatoms. The van der Waals surface area contributed by atoms with E-state index >= 15 is 0 Å². The molecule has 0 amide bonds. The first-order valence-corrected chi connectivity index (χ1v) is 5.51. The number of nitrogens with zero attached hydrogens (tertiary/aromatic N) is 4. The Bertz CT molecular complexity index is 594. The molecule has 0 aliphatic carbocycles. The second-order valence-electron chi connectivity index (χ2n) is 3.23. The van der Waals surface area contributed by atoms with Gasteiger partial charge >= 0.3 is 6.01 Å². The normalized spacial score (nSPS) is 9.71. The lowest BCUT2D eigenvalue weighted by molar-refractivity contribution is 0.437. The number of ether oxygens (including phenoxy) is 1. The Morgan fingerprint density at radius 1 is 1.29 bits per heavy atom. The minimum atomic E-state index is 0.140. The van der Waals surface area contributed by atoms with Crippen LogP contribution in [-0.4, -0.2) is 15.0 Å². The Kier molecular flexibility index (Phi) is 3.30. The Balaban J connectivity index is 2.30. The van der Waals surface area contributed by atoms with Crippen molar-refractivity contribution in [2.24, 2.45) is 0 Å². The van der Waals surface area contributed by atoms with Crippen molar-refractivity contribution in [1.82, 2.24) is 15.0 Å². The van der Waals surface area contributed by atoms with Gasteiger partial charge in [-0.05, 0) is 35.0 Å². The van der Waals surface area contributed by atoms with Crippen LogP contribution >= 0.6 is 15.9 Å². The summed E-state index contributed by atoms with van der Waals surface area (Å²) in [5.41, 5.74) is 0.949. The Morgan fingerprint density at radius 3 is 2.82 bits per heavy atom. The topological polar surface area (TPSA) is 71.7 Å². The van der Waals surface area contributed by atoms with Crippen LogP contribution in [0, 0.1) is 18.3 Å². The van der Waals surface area contributed by atoms with Gasteiger partial charge in [-0.2, -0.15) is 10.2 Å². The quantitative estimate of drug-likeness (QED) is 0.850. The second kappa shape index (κ2) is 4.89. The second-order valence-corrected chi connectivity index (χ2v) is 4.15. The molecule has 0 unspecified atom stereocenters. The summed E-state index contributed by atoms with van der Waals surface area (Å²) in [6, 6.07) is 5.42. The van der Waals surface area contributed by atoms with Crippen molar-refractivity contribution in [3.05, 3.63) is 40.4 Å². The van der Waals surface area contributed by atoms with Crippen LogP contribution in [0.3, 0.4) is 0 Å². The summed E-state index contributed by atoms with van der Waals surface area (Å²) in [4.78, 5) is 12.0. The van der Waals surface area contributed by atoms with Crippen molar-refractivity contribution in [3.63, 3.8) is 0 Å². The molecule has 0 N–H and O–H groups in total. The average Bonchev–Trinajstić information content (AvgIpc) is 2.28. The number of hydrogen-bond donors (Lipinski definition) is 0. The fourth-order valence-corrected chi connectivity index (χ4v) is 1.54. The van der Waals surface area contributed by atoms with Gasteiger partial charge in [0, 0.05) is 16.4 Å². The maximum Gasteiger partial charge on any atom is 0.323 e. The van der Waals surface area contributed by atoms with E-state index in [0.717, 1.165) is 4.47 Å². The lowest BCUT2D eigenvalue weighted by Crippen LogP contribution is -1.96. The highest BCUT2D eigenvalue weighted by Crippen LogP contribution is 2.20. The largest absolute Gasteiger partial charge is 0.423 e. The summed E-state index contributed by atoms with van der Waals surface area (Å²) in [5, 5.41) is 8.78. The van der Waals surface area contributed by atoms with Crippen molar-refractivity contribution < 1.29 is 4.74 Å². The highest BCUT2D eigenvalue weighted by molar-refractivity contribution is 9.10. The molecule has 0 bridgehead atoms. The van der Waals surface area contributed by atoms with Crippen LogP contribution in [0.25, 0.3) is 0 Å². The number of pyridine rings is 1. The van der Waals surface area contributed by atoms with Crippen molar-refractivity contribution in [1.29, 1.82) is 5.26 Å². The van der Waals surface area contributed by atoms with E-state index in [1.54, 1.807) is 31.5 Å². The van der Waals surface area contributed by atoms with Gasteiger partial charge in [0.25, 0.3) is 0 Å². The van der Waals surface area contributed by atoms with Crippen LogP contribution in [0.4, 0.5) is 0 Å². The maximum atomic E-state index is 8.78. The monoisotopic (exact) mass is 290 g/mol. The van der Waals surface area contributed by atoms with Crippen LogP contribution in [0.2, 0.25) is 0 Å². The Labute approximate surface area is 106 Å². The SMILES string of the molecule is Cc1cc(C#N)nc(Oc2cncc(Br)c2)n1. The van der Waals surface area contributed by atoms with Crippen LogP contribution in [0.1, 0.15) is 11.4 Å². The van der Waals surface area contributed by atoms with E-state index < -0.39 is 0 Å². The minimum Gasteiger partial charge on any atom is -0.423 e. The third kappa shape index (κ3) is 2.98. The fraction of sp³-hybridized carbons (Fsp3) is 0.0909. The van der Waals surface area contributed by atoms with E-state index in [1.165, 1.54) is 0 Å². The molecule has 2 heterocycles. The van der Waals surface area contributed by atoms with Gasteiger partial charge in [-0.25, -0.2) is 4.98 Å². The average molecular weight is 291 g/mol. The first kappa shape index (κ1) is 11.5. The standard InChI is InChI=1S/C11H7BrN4O/c1-7-2-9(4-13)16-11(15-7)17-10-3-8(12)5-14-6-10/h2-3,5-6H,1H3. The molecular formula is C11H7BrN4O. The lowest BCUT2D eigenvalue weighted by Gasteiger charge is -2.04. The van der Waals surface area contributed by atoms with E-state index in [4.69, 9.17) is 10.00 Å². The van der Waals surface area contributed by atoms with Gasteiger partial charge in [-0.15, -0.1) is 0 Å². The van der Waals surface area contributed by atoms with Crippen LogP contribution < -0.4 is 4.74 Å². The molecule has 0 aliphatic rings. The molecule has 0 aliphatic heterocycles. The van der Waals surface area contributed by atoms with Gasteiger partial charge in [0.15, 0.2) is 5.75 Å². The molecule has 0 radical (unpaired) electrons. The van der Waals surface area contributed by atoms with Crippen LogP contribution in [-0.2, 0) is 0 Å². The summed E-state index contributed by atoms with van der Waals surface area (Å²) in [5.74, 6) is 0.508. The van der Waals surface area contributed by atoms with Crippen molar-refractivity contribution in [3.8, 4) is 17.8 Å². The van der Waals surface area contributed by atoms with Gasteiger partial charge in [-0.1, -0.05) is 0 Å². The van der Waals surface area contributed by atoms with E-state index in [0.29, 0.717) is 11.4 Å². The van der Waals surface area contributed by atoms with Gasteiger partial charge in [0.2, 0.25) is 0 Å². The molecule has 17 heavy (non-hydrogen) atoms. The molecule has 0 saturated heterocycles. The summed E-state index contributed by atoms with van der Waals surface area (Å²) in [7, 11) is 0. The number of halogens is 1. The molecule has 2 aromatic heterocycles. The zero-order valence-corrected chi connectivity index (χ0v) is 10.5. The number of nitriles is 1. The molecule has 2 rings (SSSR count). The van der Waals surface area contributed by atoms with E-state index in [2.05, 4.69) is 30.9 Å². The molecule has 2 aromatic rings. The zero-order valence-electron chi connectivity index (χ0n) is 8.88.